The maximum atomic E-state index is 12.2. The van der Waals surface area contributed by atoms with Crippen molar-refractivity contribution in [3.8, 4) is 0 Å². The Morgan fingerprint density at radius 2 is 2.26 bits per heavy atom. The molecule has 1 atom stereocenters. The zero-order valence-corrected chi connectivity index (χ0v) is 11.3. The summed E-state index contributed by atoms with van der Waals surface area (Å²) in [6, 6.07) is 3.00. The van der Waals surface area contributed by atoms with Gasteiger partial charge in [0.1, 0.15) is 4.88 Å². The average molecular weight is 285 g/mol. The number of hydrogen-bond donors (Lipinski definition) is 1. The summed E-state index contributed by atoms with van der Waals surface area (Å²) >= 11 is 0.995. The second-order valence-electron chi connectivity index (χ2n) is 4.17. The largest absolute Gasteiger partial charge is 0.477 e. The minimum absolute atomic E-state index is 0.124. The van der Waals surface area contributed by atoms with Crippen molar-refractivity contribution in [2.45, 2.75) is 6.10 Å². The molecule has 0 aliphatic carbocycles. The van der Waals surface area contributed by atoms with E-state index in [1.54, 1.807) is 18.1 Å². The van der Waals surface area contributed by atoms with E-state index in [9.17, 15) is 9.59 Å². The molecule has 6 nitrogen and oxygen atoms in total. The van der Waals surface area contributed by atoms with Gasteiger partial charge in [-0.15, -0.1) is 11.3 Å². The number of aromatic carboxylic acids is 1. The number of hydrogen-bond acceptors (Lipinski definition) is 5. The monoisotopic (exact) mass is 285 g/mol. The molecule has 1 aliphatic heterocycles. The molecule has 0 aromatic carbocycles. The van der Waals surface area contributed by atoms with Crippen molar-refractivity contribution < 1.29 is 24.2 Å². The first-order valence-electron chi connectivity index (χ1n) is 5.84. The van der Waals surface area contributed by atoms with Gasteiger partial charge >= 0.3 is 5.97 Å². The Kier molecular flexibility index (Phi) is 4.52. The second kappa shape index (κ2) is 6.14. The lowest BCUT2D eigenvalue weighted by Crippen LogP contribution is -2.46. The fraction of sp³-hybridized carbons (Fsp3) is 0.500. The van der Waals surface area contributed by atoms with Crippen molar-refractivity contribution in [1.29, 1.82) is 0 Å². The number of ether oxygens (including phenoxy) is 2. The van der Waals surface area contributed by atoms with Crippen LogP contribution in [0.3, 0.4) is 0 Å². The van der Waals surface area contributed by atoms with Crippen LogP contribution in [0.4, 0.5) is 0 Å². The van der Waals surface area contributed by atoms with Gasteiger partial charge in [0.2, 0.25) is 0 Å². The molecule has 1 aliphatic rings. The number of rotatable bonds is 4. The molecule has 1 aromatic rings. The predicted molar refractivity (Wildman–Crippen MR) is 68.8 cm³/mol. The third-order valence-electron chi connectivity index (χ3n) is 2.81. The number of carbonyl (C=O) groups is 2. The van der Waals surface area contributed by atoms with Crippen LogP contribution in [0.5, 0.6) is 0 Å². The molecule has 1 N–H and O–H groups in total. The van der Waals surface area contributed by atoms with Gasteiger partial charge in [-0.25, -0.2) is 4.79 Å². The number of nitrogens with zero attached hydrogens (tertiary/aromatic N) is 1. The highest BCUT2D eigenvalue weighted by Gasteiger charge is 2.26. The summed E-state index contributed by atoms with van der Waals surface area (Å²) in [6.07, 6.45) is -0.124. The Morgan fingerprint density at radius 3 is 2.89 bits per heavy atom. The zero-order chi connectivity index (χ0) is 13.8. The Balaban J connectivity index is 2.03. The second-order valence-corrected chi connectivity index (χ2v) is 5.25. The van der Waals surface area contributed by atoms with Crippen LogP contribution in [0.15, 0.2) is 12.1 Å². The summed E-state index contributed by atoms with van der Waals surface area (Å²) in [4.78, 5) is 25.3. The molecule has 2 rings (SSSR count). The normalized spacial score (nSPS) is 19.4. The maximum absolute atomic E-state index is 12.2. The van der Waals surface area contributed by atoms with Gasteiger partial charge in [-0.3, -0.25) is 4.79 Å². The van der Waals surface area contributed by atoms with Crippen LogP contribution < -0.4 is 0 Å². The number of morpholine rings is 1. The van der Waals surface area contributed by atoms with E-state index in [2.05, 4.69) is 0 Å². The van der Waals surface area contributed by atoms with Gasteiger partial charge in [0, 0.05) is 20.2 Å². The number of carbonyl (C=O) groups excluding carboxylic acids is 1. The zero-order valence-electron chi connectivity index (χ0n) is 10.5. The molecule has 1 amide bonds. The summed E-state index contributed by atoms with van der Waals surface area (Å²) in [5, 5.41) is 8.85. The third-order valence-corrected chi connectivity index (χ3v) is 3.87. The SMILES string of the molecule is COCC1CN(C(=O)c2ccc(C(=O)O)s2)CCO1. The van der Waals surface area contributed by atoms with E-state index in [1.165, 1.54) is 6.07 Å². The van der Waals surface area contributed by atoms with E-state index < -0.39 is 5.97 Å². The van der Waals surface area contributed by atoms with Crippen molar-refractivity contribution in [3.05, 3.63) is 21.9 Å². The van der Waals surface area contributed by atoms with Crippen molar-refractivity contribution in [3.63, 3.8) is 0 Å². The van der Waals surface area contributed by atoms with Crippen LogP contribution in [0.1, 0.15) is 19.3 Å². The summed E-state index contributed by atoms with van der Waals surface area (Å²) in [7, 11) is 1.59. The molecule has 19 heavy (non-hydrogen) atoms. The first-order chi connectivity index (χ1) is 9.11. The number of methoxy groups -OCH3 is 1. The highest BCUT2D eigenvalue weighted by molar-refractivity contribution is 7.15. The molecule has 0 saturated carbocycles. The predicted octanol–water partition coefficient (Wildman–Crippen LogP) is 0.934. The van der Waals surface area contributed by atoms with E-state index in [1.807, 2.05) is 0 Å². The van der Waals surface area contributed by atoms with Crippen LogP contribution >= 0.6 is 11.3 Å². The molecule has 0 bridgehead atoms. The number of carboxylic acid groups (broad SMARTS) is 1. The van der Waals surface area contributed by atoms with E-state index in [0.717, 1.165) is 11.3 Å². The molecule has 0 spiro atoms. The topological polar surface area (TPSA) is 76.1 Å². The first kappa shape index (κ1) is 14.0. The highest BCUT2D eigenvalue weighted by Crippen LogP contribution is 2.19. The van der Waals surface area contributed by atoms with Crippen molar-refractivity contribution in [1.82, 2.24) is 4.90 Å². The summed E-state index contributed by atoms with van der Waals surface area (Å²) in [5.41, 5.74) is 0. The molecule has 1 aromatic heterocycles. The Hall–Kier alpha value is -1.44. The quantitative estimate of drug-likeness (QED) is 0.890. The third kappa shape index (κ3) is 3.31. The summed E-state index contributed by atoms with van der Waals surface area (Å²) in [6.45, 7) is 1.89. The van der Waals surface area contributed by atoms with Crippen LogP contribution in [-0.2, 0) is 9.47 Å². The van der Waals surface area contributed by atoms with Crippen LogP contribution in [0.2, 0.25) is 0 Å². The van der Waals surface area contributed by atoms with Gasteiger partial charge in [0.15, 0.2) is 0 Å². The first-order valence-corrected chi connectivity index (χ1v) is 6.66. The smallest absolute Gasteiger partial charge is 0.345 e. The van der Waals surface area contributed by atoms with Crippen molar-refractivity contribution in [2.24, 2.45) is 0 Å². The van der Waals surface area contributed by atoms with E-state index >= 15 is 0 Å². The van der Waals surface area contributed by atoms with E-state index in [4.69, 9.17) is 14.6 Å². The average Bonchev–Trinajstić information content (AvgIpc) is 2.88. The molecular weight excluding hydrogens is 270 g/mol. The summed E-state index contributed by atoms with van der Waals surface area (Å²) in [5.74, 6) is -1.16. The van der Waals surface area contributed by atoms with Gasteiger partial charge in [-0.2, -0.15) is 0 Å². The molecule has 7 heteroatoms. The maximum Gasteiger partial charge on any atom is 0.345 e. The van der Waals surface area contributed by atoms with Gasteiger partial charge in [-0.1, -0.05) is 0 Å². The molecule has 2 heterocycles. The lowest BCUT2D eigenvalue weighted by atomic mass is 10.2. The number of thiophene rings is 1. The van der Waals surface area contributed by atoms with Crippen molar-refractivity contribution >= 4 is 23.2 Å². The highest BCUT2D eigenvalue weighted by atomic mass is 32.1. The minimum atomic E-state index is -1.01. The molecule has 1 unspecified atom stereocenters. The molecular formula is C12H15NO5S. The Labute approximate surface area is 114 Å². The van der Waals surface area contributed by atoms with Gasteiger partial charge in [0.25, 0.3) is 5.91 Å². The van der Waals surface area contributed by atoms with Gasteiger partial charge in [0.05, 0.1) is 24.2 Å². The lowest BCUT2D eigenvalue weighted by Gasteiger charge is -2.32. The molecule has 0 radical (unpaired) electrons. The fourth-order valence-electron chi connectivity index (χ4n) is 1.91. The van der Waals surface area contributed by atoms with Gasteiger partial charge in [-0.05, 0) is 12.1 Å². The minimum Gasteiger partial charge on any atom is -0.477 e. The van der Waals surface area contributed by atoms with E-state index in [0.29, 0.717) is 31.2 Å². The number of amides is 1. The van der Waals surface area contributed by atoms with Crippen LogP contribution in [0.25, 0.3) is 0 Å². The standard InChI is InChI=1S/C12H15NO5S/c1-17-7-8-6-13(4-5-18-8)11(14)9-2-3-10(19-9)12(15)16/h2-3,8H,4-7H2,1H3,(H,15,16). The fourth-order valence-corrected chi connectivity index (χ4v) is 2.73. The van der Waals surface area contributed by atoms with Crippen molar-refractivity contribution in [2.75, 3.05) is 33.4 Å². The molecule has 1 fully saturated rings. The Bertz CT molecular complexity index is 470. The molecule has 1 saturated heterocycles. The lowest BCUT2D eigenvalue weighted by molar-refractivity contribution is -0.0530. The summed E-state index contributed by atoms with van der Waals surface area (Å²) < 4.78 is 10.5. The van der Waals surface area contributed by atoms with Crippen LogP contribution in [0, 0.1) is 0 Å². The van der Waals surface area contributed by atoms with Crippen LogP contribution in [-0.4, -0.2) is 61.4 Å². The number of carboxylic acids is 1. The molecule has 104 valence electrons. The Morgan fingerprint density at radius 1 is 1.53 bits per heavy atom. The van der Waals surface area contributed by atoms with E-state index in [-0.39, 0.29) is 16.9 Å². The van der Waals surface area contributed by atoms with Gasteiger partial charge < -0.3 is 19.5 Å².